The van der Waals surface area contributed by atoms with Gasteiger partial charge in [-0.1, -0.05) is 18.2 Å². The highest BCUT2D eigenvalue weighted by Crippen LogP contribution is 2.20. The van der Waals surface area contributed by atoms with Crippen molar-refractivity contribution in [3.8, 4) is 0 Å². The van der Waals surface area contributed by atoms with Gasteiger partial charge >= 0.3 is 5.97 Å². The van der Waals surface area contributed by atoms with Gasteiger partial charge in [-0.2, -0.15) is 0 Å². The van der Waals surface area contributed by atoms with E-state index in [0.29, 0.717) is 5.69 Å². The number of anilines is 1. The van der Waals surface area contributed by atoms with Crippen molar-refractivity contribution in [2.24, 2.45) is 0 Å². The largest absolute Gasteiger partial charge is 0.481 e. The van der Waals surface area contributed by atoms with E-state index in [2.05, 4.69) is 10.3 Å². The van der Waals surface area contributed by atoms with Crippen LogP contribution in [0.5, 0.6) is 0 Å². The number of amides is 1. The van der Waals surface area contributed by atoms with Crippen LogP contribution in [0.2, 0.25) is 0 Å². The fourth-order valence-corrected chi connectivity index (χ4v) is 1.64. The van der Waals surface area contributed by atoms with E-state index in [4.69, 9.17) is 5.11 Å². The number of benzene rings is 1. The summed E-state index contributed by atoms with van der Waals surface area (Å²) < 4.78 is 0. The molecule has 2 N–H and O–H groups in total. The lowest BCUT2D eigenvalue weighted by Gasteiger charge is -2.07. The molecule has 5 nitrogen and oxygen atoms in total. The van der Waals surface area contributed by atoms with Gasteiger partial charge in [0.2, 0.25) is 5.91 Å². The van der Waals surface area contributed by atoms with Crippen LogP contribution in [0.1, 0.15) is 12.8 Å². The molecule has 92 valence electrons. The minimum absolute atomic E-state index is 0.0357. The SMILES string of the molecule is O=C(O)CCC(=O)Nc1ccnc2ccccc12. The van der Waals surface area contributed by atoms with Gasteiger partial charge in [-0.05, 0) is 12.1 Å². The van der Waals surface area contributed by atoms with Crippen molar-refractivity contribution in [1.82, 2.24) is 4.98 Å². The predicted molar refractivity (Wildman–Crippen MR) is 67.2 cm³/mol. The zero-order valence-electron chi connectivity index (χ0n) is 9.59. The Bertz CT molecular complexity index is 590. The number of aromatic nitrogens is 1. The summed E-state index contributed by atoms with van der Waals surface area (Å²) in [5.74, 6) is -1.29. The van der Waals surface area contributed by atoms with Crippen LogP contribution in [-0.4, -0.2) is 22.0 Å². The monoisotopic (exact) mass is 244 g/mol. The molecule has 0 aliphatic heterocycles. The first-order chi connectivity index (χ1) is 8.66. The van der Waals surface area contributed by atoms with Gasteiger partial charge in [0.1, 0.15) is 0 Å². The average Bonchev–Trinajstić information content (AvgIpc) is 2.37. The maximum absolute atomic E-state index is 11.6. The van der Waals surface area contributed by atoms with Crippen molar-refractivity contribution in [1.29, 1.82) is 0 Å². The highest BCUT2D eigenvalue weighted by atomic mass is 16.4. The Morgan fingerprint density at radius 1 is 1.17 bits per heavy atom. The first-order valence-corrected chi connectivity index (χ1v) is 5.52. The molecule has 0 unspecified atom stereocenters. The summed E-state index contributed by atoms with van der Waals surface area (Å²) in [7, 11) is 0. The van der Waals surface area contributed by atoms with Gasteiger partial charge in [0.25, 0.3) is 0 Å². The minimum atomic E-state index is -0.982. The van der Waals surface area contributed by atoms with E-state index in [0.717, 1.165) is 10.9 Å². The second-order valence-electron chi connectivity index (χ2n) is 3.82. The van der Waals surface area contributed by atoms with Crippen LogP contribution < -0.4 is 5.32 Å². The smallest absolute Gasteiger partial charge is 0.303 e. The lowest BCUT2D eigenvalue weighted by molar-refractivity contribution is -0.138. The van der Waals surface area contributed by atoms with E-state index in [9.17, 15) is 9.59 Å². The number of carbonyl (C=O) groups excluding carboxylic acids is 1. The Morgan fingerprint density at radius 3 is 2.72 bits per heavy atom. The van der Waals surface area contributed by atoms with E-state index >= 15 is 0 Å². The van der Waals surface area contributed by atoms with Crippen molar-refractivity contribution >= 4 is 28.5 Å². The Hall–Kier alpha value is -2.43. The molecule has 2 rings (SSSR count). The highest BCUT2D eigenvalue weighted by molar-refractivity contribution is 6.01. The van der Waals surface area contributed by atoms with Crippen LogP contribution in [0.15, 0.2) is 36.5 Å². The molecule has 0 spiro atoms. The molecular weight excluding hydrogens is 232 g/mol. The summed E-state index contributed by atoms with van der Waals surface area (Å²) in [6.45, 7) is 0. The molecule has 1 aromatic heterocycles. The molecule has 0 aliphatic rings. The molecule has 0 saturated heterocycles. The second-order valence-corrected chi connectivity index (χ2v) is 3.82. The Kier molecular flexibility index (Phi) is 3.52. The van der Waals surface area contributed by atoms with E-state index in [1.807, 2.05) is 24.3 Å². The number of hydrogen-bond donors (Lipinski definition) is 2. The van der Waals surface area contributed by atoms with Gasteiger partial charge in [-0.3, -0.25) is 14.6 Å². The summed E-state index contributed by atoms with van der Waals surface area (Å²) in [6.07, 6.45) is 1.40. The molecule has 1 heterocycles. The third-order valence-corrected chi connectivity index (χ3v) is 2.49. The zero-order chi connectivity index (χ0) is 13.0. The number of fused-ring (bicyclic) bond motifs is 1. The molecule has 5 heteroatoms. The van der Waals surface area contributed by atoms with Gasteiger partial charge in [-0.25, -0.2) is 0 Å². The van der Waals surface area contributed by atoms with Gasteiger partial charge in [0.05, 0.1) is 17.6 Å². The Morgan fingerprint density at radius 2 is 1.94 bits per heavy atom. The number of carboxylic acid groups (broad SMARTS) is 1. The quantitative estimate of drug-likeness (QED) is 0.862. The summed E-state index contributed by atoms with van der Waals surface area (Å²) >= 11 is 0. The van der Waals surface area contributed by atoms with E-state index in [-0.39, 0.29) is 18.7 Å². The van der Waals surface area contributed by atoms with Gasteiger partial charge in [0.15, 0.2) is 0 Å². The van der Waals surface area contributed by atoms with Gasteiger partial charge in [0, 0.05) is 18.0 Å². The second kappa shape index (κ2) is 5.27. The van der Waals surface area contributed by atoms with Crippen LogP contribution in [-0.2, 0) is 9.59 Å². The first-order valence-electron chi connectivity index (χ1n) is 5.52. The number of carboxylic acids is 1. The zero-order valence-corrected chi connectivity index (χ0v) is 9.59. The molecule has 0 saturated carbocycles. The third-order valence-electron chi connectivity index (χ3n) is 2.49. The molecule has 1 amide bonds. The standard InChI is InChI=1S/C13H12N2O3/c16-12(5-6-13(17)18)15-11-7-8-14-10-4-2-1-3-9(10)11/h1-4,7-8H,5-6H2,(H,17,18)(H,14,15,16). The molecule has 1 aromatic carbocycles. The molecule has 0 aliphatic carbocycles. The first kappa shape index (κ1) is 12.0. The topological polar surface area (TPSA) is 79.3 Å². The molecule has 0 atom stereocenters. The predicted octanol–water partition coefficient (Wildman–Crippen LogP) is 2.04. The van der Waals surface area contributed by atoms with E-state index < -0.39 is 5.97 Å². The lowest BCUT2D eigenvalue weighted by Crippen LogP contribution is -2.13. The molecule has 0 bridgehead atoms. The van der Waals surface area contributed by atoms with Crippen LogP contribution >= 0.6 is 0 Å². The summed E-state index contributed by atoms with van der Waals surface area (Å²) in [5.41, 5.74) is 1.43. The van der Waals surface area contributed by atoms with Crippen LogP contribution in [0, 0.1) is 0 Å². The Labute approximate surface area is 103 Å². The summed E-state index contributed by atoms with van der Waals surface area (Å²) in [6, 6.07) is 9.13. The Balaban J connectivity index is 2.16. The molecule has 2 aromatic rings. The number of para-hydroxylation sites is 1. The van der Waals surface area contributed by atoms with Crippen molar-refractivity contribution in [3.05, 3.63) is 36.5 Å². The number of rotatable bonds is 4. The highest BCUT2D eigenvalue weighted by Gasteiger charge is 2.07. The summed E-state index contributed by atoms with van der Waals surface area (Å²) in [5, 5.41) is 12.0. The van der Waals surface area contributed by atoms with Crippen molar-refractivity contribution in [2.45, 2.75) is 12.8 Å². The fourth-order valence-electron chi connectivity index (χ4n) is 1.64. The number of nitrogens with zero attached hydrogens (tertiary/aromatic N) is 1. The normalized spacial score (nSPS) is 10.2. The minimum Gasteiger partial charge on any atom is -0.481 e. The van der Waals surface area contributed by atoms with Gasteiger partial charge in [-0.15, -0.1) is 0 Å². The van der Waals surface area contributed by atoms with Crippen LogP contribution in [0.4, 0.5) is 5.69 Å². The molecule has 0 fully saturated rings. The van der Waals surface area contributed by atoms with Crippen LogP contribution in [0.3, 0.4) is 0 Å². The van der Waals surface area contributed by atoms with Crippen molar-refractivity contribution < 1.29 is 14.7 Å². The molecule has 0 radical (unpaired) electrons. The number of aliphatic carboxylic acids is 1. The third kappa shape index (κ3) is 2.82. The average molecular weight is 244 g/mol. The number of hydrogen-bond acceptors (Lipinski definition) is 3. The maximum Gasteiger partial charge on any atom is 0.303 e. The molecular formula is C13H12N2O3. The fraction of sp³-hybridized carbons (Fsp3) is 0.154. The maximum atomic E-state index is 11.6. The molecule has 18 heavy (non-hydrogen) atoms. The van der Waals surface area contributed by atoms with E-state index in [1.54, 1.807) is 12.3 Å². The number of carbonyl (C=O) groups is 2. The number of pyridine rings is 1. The van der Waals surface area contributed by atoms with E-state index in [1.165, 1.54) is 0 Å². The number of nitrogens with one attached hydrogen (secondary N) is 1. The summed E-state index contributed by atoms with van der Waals surface area (Å²) in [4.78, 5) is 26.1. The lowest BCUT2D eigenvalue weighted by atomic mass is 10.2. The van der Waals surface area contributed by atoms with Crippen molar-refractivity contribution in [2.75, 3.05) is 5.32 Å². The van der Waals surface area contributed by atoms with Gasteiger partial charge < -0.3 is 10.4 Å². The van der Waals surface area contributed by atoms with Crippen molar-refractivity contribution in [3.63, 3.8) is 0 Å². The van der Waals surface area contributed by atoms with Crippen LogP contribution in [0.25, 0.3) is 10.9 Å².